The standard InChI is InChI=1S/C26H37N3O2/c1-18-3-4-23(19(2)11-18)5-6-27-25(31)29-9-7-28(8-10-29)24(30)26-15-20-12-21(16-26)14-22(13-20)17-26/h3-4,11,20-22H,5-10,12-17H2,1-2H3,(H,27,31). The highest BCUT2D eigenvalue weighted by Gasteiger charge is 2.55. The maximum Gasteiger partial charge on any atom is 0.317 e. The van der Waals surface area contributed by atoms with Gasteiger partial charge in [0.05, 0.1) is 5.41 Å². The zero-order chi connectivity index (χ0) is 21.6. The average molecular weight is 424 g/mol. The van der Waals surface area contributed by atoms with E-state index >= 15 is 0 Å². The second kappa shape index (κ2) is 8.14. The lowest BCUT2D eigenvalue weighted by Crippen LogP contribution is -2.59. The number of nitrogens with zero attached hydrogens (tertiary/aromatic N) is 2. The molecule has 1 aromatic carbocycles. The molecule has 0 atom stereocenters. The molecule has 4 saturated carbocycles. The molecule has 0 radical (unpaired) electrons. The number of carbonyl (C=O) groups excluding carboxylic acids is 2. The summed E-state index contributed by atoms with van der Waals surface area (Å²) in [6.07, 6.45) is 8.31. The summed E-state index contributed by atoms with van der Waals surface area (Å²) in [4.78, 5) is 30.1. The van der Waals surface area contributed by atoms with Crippen LogP contribution in [0.5, 0.6) is 0 Å². The van der Waals surface area contributed by atoms with Crippen molar-refractivity contribution in [2.75, 3.05) is 32.7 Å². The Morgan fingerprint density at radius 1 is 0.935 bits per heavy atom. The molecule has 31 heavy (non-hydrogen) atoms. The van der Waals surface area contributed by atoms with Crippen LogP contribution in [0.4, 0.5) is 4.79 Å². The highest BCUT2D eigenvalue weighted by atomic mass is 16.2. The lowest BCUT2D eigenvalue weighted by atomic mass is 9.49. The number of hydrogen-bond donors (Lipinski definition) is 1. The van der Waals surface area contributed by atoms with Crippen LogP contribution in [0.2, 0.25) is 0 Å². The van der Waals surface area contributed by atoms with E-state index in [1.54, 1.807) is 0 Å². The molecule has 0 spiro atoms. The molecule has 1 saturated heterocycles. The minimum Gasteiger partial charge on any atom is -0.339 e. The number of aryl methyl sites for hydroxylation is 2. The van der Waals surface area contributed by atoms with Crippen LogP contribution in [0.15, 0.2) is 18.2 Å². The van der Waals surface area contributed by atoms with Crippen molar-refractivity contribution in [2.45, 2.75) is 58.8 Å². The fourth-order valence-electron chi connectivity index (χ4n) is 7.36. The second-order valence-electron chi connectivity index (χ2n) is 10.9. The summed E-state index contributed by atoms with van der Waals surface area (Å²) in [6.45, 7) is 7.54. The first-order valence-corrected chi connectivity index (χ1v) is 12.3. The van der Waals surface area contributed by atoms with Gasteiger partial charge in [-0.15, -0.1) is 0 Å². The van der Waals surface area contributed by atoms with E-state index in [4.69, 9.17) is 0 Å². The van der Waals surface area contributed by atoms with Gasteiger partial charge in [0.25, 0.3) is 0 Å². The first kappa shape index (κ1) is 20.8. The van der Waals surface area contributed by atoms with E-state index < -0.39 is 0 Å². The normalized spacial score (nSPS) is 31.7. The molecule has 0 aromatic heterocycles. The van der Waals surface area contributed by atoms with E-state index in [0.717, 1.165) is 43.4 Å². The van der Waals surface area contributed by atoms with E-state index in [2.05, 4.69) is 42.3 Å². The number of piperazine rings is 1. The highest BCUT2D eigenvalue weighted by molar-refractivity contribution is 5.84. The van der Waals surface area contributed by atoms with Crippen LogP contribution in [0.25, 0.3) is 0 Å². The van der Waals surface area contributed by atoms with Crippen molar-refractivity contribution in [3.63, 3.8) is 0 Å². The number of nitrogens with one attached hydrogen (secondary N) is 1. The van der Waals surface area contributed by atoms with Gasteiger partial charge in [-0.05, 0) is 87.7 Å². The van der Waals surface area contributed by atoms with Gasteiger partial charge in [0.2, 0.25) is 5.91 Å². The fourth-order valence-corrected chi connectivity index (χ4v) is 7.36. The Labute approximate surface area is 186 Å². The van der Waals surface area contributed by atoms with Crippen LogP contribution in [0, 0.1) is 37.0 Å². The third kappa shape index (κ3) is 4.08. The van der Waals surface area contributed by atoms with Crippen LogP contribution in [-0.2, 0) is 11.2 Å². The monoisotopic (exact) mass is 423 g/mol. The molecule has 1 N–H and O–H groups in total. The summed E-state index contributed by atoms with van der Waals surface area (Å²) in [5.74, 6) is 2.78. The van der Waals surface area contributed by atoms with Gasteiger partial charge < -0.3 is 15.1 Å². The molecule has 4 aliphatic carbocycles. The molecule has 1 aromatic rings. The maximum absolute atomic E-state index is 13.5. The van der Waals surface area contributed by atoms with E-state index in [9.17, 15) is 9.59 Å². The van der Waals surface area contributed by atoms with Crippen molar-refractivity contribution < 1.29 is 9.59 Å². The van der Waals surface area contributed by atoms with Gasteiger partial charge in [0.15, 0.2) is 0 Å². The van der Waals surface area contributed by atoms with Crippen LogP contribution in [0.3, 0.4) is 0 Å². The second-order valence-corrected chi connectivity index (χ2v) is 10.9. The van der Waals surface area contributed by atoms with Crippen molar-refractivity contribution in [1.29, 1.82) is 0 Å². The van der Waals surface area contributed by atoms with Crippen molar-refractivity contribution in [2.24, 2.45) is 23.2 Å². The quantitative estimate of drug-likeness (QED) is 0.798. The molecule has 4 bridgehead atoms. The number of rotatable bonds is 4. The van der Waals surface area contributed by atoms with Gasteiger partial charge >= 0.3 is 6.03 Å². The molecule has 1 heterocycles. The minimum absolute atomic E-state index is 0.00617. The fraction of sp³-hybridized carbons (Fsp3) is 0.692. The SMILES string of the molecule is Cc1ccc(CCNC(=O)N2CCN(C(=O)C34CC5CC(CC(C5)C3)C4)CC2)c(C)c1. The zero-order valence-electron chi connectivity index (χ0n) is 19.2. The van der Waals surface area contributed by atoms with Crippen LogP contribution in [-0.4, -0.2) is 54.5 Å². The number of amides is 3. The predicted molar refractivity (Wildman–Crippen MR) is 122 cm³/mol. The molecule has 5 aliphatic rings. The zero-order valence-corrected chi connectivity index (χ0v) is 19.2. The third-order valence-corrected chi connectivity index (χ3v) is 8.51. The largest absolute Gasteiger partial charge is 0.339 e. The van der Waals surface area contributed by atoms with E-state index in [1.165, 1.54) is 36.0 Å². The smallest absolute Gasteiger partial charge is 0.317 e. The van der Waals surface area contributed by atoms with Crippen molar-refractivity contribution in [3.05, 3.63) is 34.9 Å². The summed E-state index contributed by atoms with van der Waals surface area (Å²) in [5, 5.41) is 3.08. The number of carbonyl (C=O) groups is 2. The van der Waals surface area contributed by atoms with Gasteiger partial charge in [-0.2, -0.15) is 0 Å². The van der Waals surface area contributed by atoms with Gasteiger partial charge in [-0.1, -0.05) is 23.8 Å². The van der Waals surface area contributed by atoms with E-state index in [1.807, 2.05) is 4.90 Å². The lowest BCUT2D eigenvalue weighted by molar-refractivity contribution is -0.159. The number of hydrogen-bond acceptors (Lipinski definition) is 2. The van der Waals surface area contributed by atoms with Crippen molar-refractivity contribution >= 4 is 11.9 Å². The highest BCUT2D eigenvalue weighted by Crippen LogP contribution is 2.60. The van der Waals surface area contributed by atoms with Crippen LogP contribution >= 0.6 is 0 Å². The van der Waals surface area contributed by atoms with Gasteiger partial charge in [-0.25, -0.2) is 4.79 Å². The molecule has 5 nitrogen and oxygen atoms in total. The molecular weight excluding hydrogens is 386 g/mol. The van der Waals surface area contributed by atoms with Crippen molar-refractivity contribution in [3.8, 4) is 0 Å². The summed E-state index contributed by atoms with van der Waals surface area (Å²) in [7, 11) is 0. The molecule has 0 unspecified atom stereocenters. The maximum atomic E-state index is 13.5. The molecule has 5 fully saturated rings. The average Bonchev–Trinajstić information content (AvgIpc) is 2.74. The molecule has 3 amide bonds. The Kier molecular flexibility index (Phi) is 5.47. The molecule has 1 aliphatic heterocycles. The summed E-state index contributed by atoms with van der Waals surface area (Å²) >= 11 is 0. The van der Waals surface area contributed by atoms with E-state index in [-0.39, 0.29) is 11.4 Å². The van der Waals surface area contributed by atoms with Gasteiger partial charge in [0.1, 0.15) is 0 Å². The summed E-state index contributed by atoms with van der Waals surface area (Å²) < 4.78 is 0. The van der Waals surface area contributed by atoms with Crippen LogP contribution in [0.1, 0.15) is 55.2 Å². The first-order chi connectivity index (χ1) is 14.9. The van der Waals surface area contributed by atoms with Gasteiger partial charge in [0, 0.05) is 32.7 Å². The minimum atomic E-state index is -0.0644. The number of benzene rings is 1. The van der Waals surface area contributed by atoms with Crippen molar-refractivity contribution in [1.82, 2.24) is 15.1 Å². The summed E-state index contributed by atoms with van der Waals surface area (Å²) in [5.41, 5.74) is 3.78. The van der Waals surface area contributed by atoms with E-state index in [0.29, 0.717) is 38.6 Å². The molecule has 5 heteroatoms. The van der Waals surface area contributed by atoms with Gasteiger partial charge in [-0.3, -0.25) is 4.79 Å². The Morgan fingerprint density at radius 3 is 2.10 bits per heavy atom. The first-order valence-electron chi connectivity index (χ1n) is 12.3. The third-order valence-electron chi connectivity index (χ3n) is 8.51. The Hall–Kier alpha value is -2.04. The number of urea groups is 1. The Balaban J connectivity index is 1.10. The lowest BCUT2D eigenvalue weighted by Gasteiger charge is -2.57. The molecule has 6 rings (SSSR count). The van der Waals surface area contributed by atoms with Crippen LogP contribution < -0.4 is 5.32 Å². The Bertz CT molecular complexity index is 821. The topological polar surface area (TPSA) is 52.7 Å². The molecule has 168 valence electrons. The summed E-state index contributed by atoms with van der Waals surface area (Å²) in [6, 6.07) is 6.49. The molecular formula is C26H37N3O2. The Morgan fingerprint density at radius 2 is 1.52 bits per heavy atom. The predicted octanol–water partition coefficient (Wildman–Crippen LogP) is 3.92.